The van der Waals surface area contributed by atoms with Crippen LogP contribution in [0.15, 0.2) is 47.6 Å². The van der Waals surface area contributed by atoms with Crippen LogP contribution in [-0.4, -0.2) is 53.5 Å². The smallest absolute Gasteiger partial charge is 0.308 e. The van der Waals surface area contributed by atoms with Gasteiger partial charge in [0.2, 0.25) is 10.0 Å². The molecule has 0 fully saturated rings. The number of amides is 1. The number of anilines is 1. The molecule has 31 heavy (non-hydrogen) atoms. The number of ether oxygens (including phenoxy) is 3. The van der Waals surface area contributed by atoms with E-state index < -0.39 is 28.4 Å². The van der Waals surface area contributed by atoms with E-state index in [9.17, 15) is 18.0 Å². The molecule has 2 rings (SSSR count). The lowest BCUT2D eigenvalue weighted by Gasteiger charge is -2.22. The monoisotopic (exact) mass is 449 g/mol. The normalized spacial score (nSPS) is 11.1. The second-order valence-corrected chi connectivity index (χ2v) is 8.17. The highest BCUT2D eigenvalue weighted by Crippen LogP contribution is 2.32. The van der Waals surface area contributed by atoms with Crippen LogP contribution in [0.3, 0.4) is 0 Å². The molecule has 0 aromatic heterocycles. The Bertz CT molecular complexity index is 1070. The number of rotatable bonds is 9. The molecule has 0 bridgehead atoms. The molecule has 1 N–H and O–H groups in total. The first-order chi connectivity index (χ1) is 14.6. The van der Waals surface area contributed by atoms with Crippen LogP contribution in [0.25, 0.3) is 0 Å². The fraction of sp³-hybridized carbons (Fsp3) is 0.250. The van der Waals surface area contributed by atoms with E-state index in [1.807, 2.05) is 0 Å². The lowest BCUT2D eigenvalue weighted by Crippen LogP contribution is -2.39. The molecule has 166 valence electrons. The number of hydrogen-bond acceptors (Lipinski definition) is 8. The predicted octanol–water partition coefficient (Wildman–Crippen LogP) is 1.55. The summed E-state index contributed by atoms with van der Waals surface area (Å²) in [6, 6.07) is 10.9. The van der Waals surface area contributed by atoms with Gasteiger partial charge < -0.3 is 14.2 Å². The number of nitrogens with zero attached hydrogens (tertiary/aromatic N) is 2. The molecule has 2 aromatic rings. The van der Waals surface area contributed by atoms with Crippen LogP contribution in [0.4, 0.5) is 5.69 Å². The number of carbonyl (C=O) groups is 2. The quantitative estimate of drug-likeness (QED) is 0.267. The average molecular weight is 449 g/mol. The van der Waals surface area contributed by atoms with E-state index in [-0.39, 0.29) is 5.69 Å². The maximum Gasteiger partial charge on any atom is 0.308 e. The van der Waals surface area contributed by atoms with Crippen molar-refractivity contribution in [3.63, 3.8) is 0 Å². The summed E-state index contributed by atoms with van der Waals surface area (Å²) < 4.78 is 40.6. The Kier molecular flexibility index (Phi) is 7.97. The minimum absolute atomic E-state index is 0.236. The van der Waals surface area contributed by atoms with E-state index in [2.05, 4.69) is 10.5 Å². The van der Waals surface area contributed by atoms with Gasteiger partial charge in [-0.15, -0.1) is 0 Å². The highest BCUT2D eigenvalue weighted by Gasteiger charge is 2.22. The van der Waals surface area contributed by atoms with Gasteiger partial charge in [-0.2, -0.15) is 5.10 Å². The third-order valence-electron chi connectivity index (χ3n) is 3.89. The topological polar surface area (TPSA) is 124 Å². The number of carbonyl (C=O) groups excluding carboxylic acids is 2. The van der Waals surface area contributed by atoms with Crippen molar-refractivity contribution in [1.29, 1.82) is 0 Å². The van der Waals surface area contributed by atoms with Crippen molar-refractivity contribution in [1.82, 2.24) is 5.43 Å². The van der Waals surface area contributed by atoms with Crippen LogP contribution in [-0.2, 0) is 19.6 Å². The SMILES string of the molecule is COc1ccc(N(CC(=O)N/N=C\c2ccc(OC(C)=O)cc2)S(C)(=O)=O)cc1OC. The van der Waals surface area contributed by atoms with Crippen LogP contribution in [0, 0.1) is 0 Å². The highest BCUT2D eigenvalue weighted by atomic mass is 32.2. The van der Waals surface area contributed by atoms with Crippen molar-refractivity contribution in [2.75, 3.05) is 31.3 Å². The molecule has 0 saturated carbocycles. The van der Waals surface area contributed by atoms with Gasteiger partial charge >= 0.3 is 5.97 Å². The lowest BCUT2D eigenvalue weighted by atomic mass is 10.2. The van der Waals surface area contributed by atoms with Gasteiger partial charge in [-0.1, -0.05) is 0 Å². The molecule has 2 aromatic carbocycles. The number of methoxy groups -OCH3 is 2. The molecule has 0 aliphatic carbocycles. The van der Waals surface area contributed by atoms with E-state index in [0.717, 1.165) is 10.6 Å². The predicted molar refractivity (Wildman–Crippen MR) is 115 cm³/mol. The Morgan fingerprint density at radius 1 is 1.06 bits per heavy atom. The first-order valence-corrected chi connectivity index (χ1v) is 10.8. The maximum atomic E-state index is 12.3. The molecule has 0 aliphatic heterocycles. The average Bonchev–Trinajstić information content (AvgIpc) is 2.71. The number of hydrogen-bond donors (Lipinski definition) is 1. The molecule has 0 heterocycles. The van der Waals surface area contributed by atoms with E-state index in [1.54, 1.807) is 30.3 Å². The van der Waals surface area contributed by atoms with Crippen LogP contribution < -0.4 is 23.9 Å². The van der Waals surface area contributed by atoms with Gasteiger partial charge in [0.05, 0.1) is 32.4 Å². The summed E-state index contributed by atoms with van der Waals surface area (Å²) in [6.07, 6.45) is 2.36. The molecule has 1 amide bonds. The molecule has 0 radical (unpaired) electrons. The van der Waals surface area contributed by atoms with Gasteiger partial charge in [0, 0.05) is 13.0 Å². The van der Waals surface area contributed by atoms with Gasteiger partial charge in [-0.05, 0) is 42.0 Å². The zero-order chi connectivity index (χ0) is 23.0. The minimum atomic E-state index is -3.77. The number of benzene rings is 2. The standard InChI is InChI=1S/C20H23N3O7S/c1-14(24)30-17-8-5-15(6-9-17)12-21-22-20(25)13-23(31(4,26)27)16-7-10-18(28-2)19(11-16)29-3/h5-12H,13H2,1-4H3,(H,22,25)/b21-12-. The Morgan fingerprint density at radius 3 is 2.26 bits per heavy atom. The summed E-state index contributed by atoms with van der Waals surface area (Å²) in [7, 11) is -0.884. The van der Waals surface area contributed by atoms with Crippen molar-refractivity contribution in [3.8, 4) is 17.2 Å². The third-order valence-corrected chi connectivity index (χ3v) is 5.03. The Hall–Kier alpha value is -3.60. The zero-order valence-electron chi connectivity index (χ0n) is 17.5. The van der Waals surface area contributed by atoms with Crippen LogP contribution in [0.1, 0.15) is 12.5 Å². The zero-order valence-corrected chi connectivity index (χ0v) is 18.3. The number of nitrogens with one attached hydrogen (secondary N) is 1. The summed E-state index contributed by atoms with van der Waals surface area (Å²) in [5.74, 6) is 0.0525. The molecule has 0 aliphatic rings. The van der Waals surface area contributed by atoms with Gasteiger partial charge in [-0.25, -0.2) is 13.8 Å². The molecule has 0 saturated heterocycles. The summed E-state index contributed by atoms with van der Waals surface area (Å²) >= 11 is 0. The highest BCUT2D eigenvalue weighted by molar-refractivity contribution is 7.92. The van der Waals surface area contributed by atoms with Crippen molar-refractivity contribution < 1.29 is 32.2 Å². The minimum Gasteiger partial charge on any atom is -0.493 e. The van der Waals surface area contributed by atoms with Crippen molar-refractivity contribution in [2.24, 2.45) is 5.10 Å². The van der Waals surface area contributed by atoms with Crippen molar-refractivity contribution in [3.05, 3.63) is 48.0 Å². The van der Waals surface area contributed by atoms with Gasteiger partial charge in [0.25, 0.3) is 5.91 Å². The van der Waals surface area contributed by atoms with Gasteiger partial charge in [0.1, 0.15) is 12.3 Å². The van der Waals surface area contributed by atoms with Crippen LogP contribution >= 0.6 is 0 Å². The largest absolute Gasteiger partial charge is 0.493 e. The Morgan fingerprint density at radius 2 is 1.71 bits per heavy atom. The van der Waals surface area contributed by atoms with Crippen molar-refractivity contribution in [2.45, 2.75) is 6.92 Å². The molecular formula is C20H23N3O7S. The Labute approximate surface area is 180 Å². The van der Waals surface area contributed by atoms with E-state index in [1.165, 1.54) is 39.5 Å². The molecule has 0 atom stereocenters. The van der Waals surface area contributed by atoms with Crippen LogP contribution in [0.2, 0.25) is 0 Å². The molecule has 0 unspecified atom stereocenters. The first-order valence-electron chi connectivity index (χ1n) is 8.94. The molecule has 0 spiro atoms. The summed E-state index contributed by atoms with van der Waals surface area (Å²) in [6.45, 7) is 0.809. The van der Waals surface area contributed by atoms with Crippen molar-refractivity contribution >= 4 is 33.8 Å². The number of hydrazone groups is 1. The second kappa shape index (κ2) is 10.4. The number of esters is 1. The van der Waals surface area contributed by atoms with Gasteiger partial charge in [0.15, 0.2) is 11.5 Å². The van der Waals surface area contributed by atoms with Gasteiger partial charge in [-0.3, -0.25) is 13.9 Å². The number of sulfonamides is 1. The Balaban J connectivity index is 2.08. The maximum absolute atomic E-state index is 12.3. The first kappa shape index (κ1) is 23.7. The summed E-state index contributed by atoms with van der Waals surface area (Å²) in [5, 5.41) is 3.82. The van der Waals surface area contributed by atoms with E-state index >= 15 is 0 Å². The third kappa shape index (κ3) is 7.00. The van der Waals surface area contributed by atoms with Crippen LogP contribution in [0.5, 0.6) is 17.2 Å². The molecular weight excluding hydrogens is 426 g/mol. The lowest BCUT2D eigenvalue weighted by molar-refractivity contribution is -0.131. The van der Waals surface area contributed by atoms with E-state index in [0.29, 0.717) is 22.8 Å². The summed E-state index contributed by atoms with van der Waals surface area (Å²) in [5.41, 5.74) is 3.16. The van der Waals surface area contributed by atoms with E-state index in [4.69, 9.17) is 14.2 Å². The fourth-order valence-electron chi connectivity index (χ4n) is 2.51. The molecule has 10 nitrogen and oxygen atoms in total. The fourth-order valence-corrected chi connectivity index (χ4v) is 3.36. The second-order valence-electron chi connectivity index (χ2n) is 6.26. The summed E-state index contributed by atoms with van der Waals surface area (Å²) in [4.78, 5) is 23.2. The molecule has 11 heteroatoms.